The van der Waals surface area contributed by atoms with Crippen molar-refractivity contribution in [3.05, 3.63) is 64.2 Å². The van der Waals surface area contributed by atoms with Gasteiger partial charge in [-0.15, -0.1) is 0 Å². The first-order valence-electron chi connectivity index (χ1n) is 9.28. The number of rotatable bonds is 4. The third-order valence-electron chi connectivity index (χ3n) is 5.10. The highest BCUT2D eigenvalue weighted by atomic mass is 32.2. The molecule has 0 saturated heterocycles. The fraction of sp³-hybridized carbons (Fsp3) is 0.273. The van der Waals surface area contributed by atoms with Crippen molar-refractivity contribution in [1.82, 2.24) is 9.97 Å². The number of hydrogen-bond acceptors (Lipinski definition) is 4. The van der Waals surface area contributed by atoms with Crippen LogP contribution in [0.1, 0.15) is 40.7 Å². The monoisotopic (exact) mass is 394 g/mol. The molecule has 0 radical (unpaired) electrons. The second kappa shape index (κ2) is 7.45. The van der Waals surface area contributed by atoms with E-state index in [0.717, 1.165) is 44.4 Å². The summed E-state index contributed by atoms with van der Waals surface area (Å²) in [7, 11) is 1.38. The molecule has 0 aliphatic heterocycles. The van der Waals surface area contributed by atoms with Gasteiger partial charge in [0.15, 0.2) is 0 Å². The van der Waals surface area contributed by atoms with Crippen LogP contribution in [0.4, 0.5) is 0 Å². The summed E-state index contributed by atoms with van der Waals surface area (Å²) in [4.78, 5) is 20.9. The largest absolute Gasteiger partial charge is 0.611 e. The van der Waals surface area contributed by atoms with Crippen LogP contribution in [0.5, 0.6) is 0 Å². The topological polar surface area (TPSA) is 78.0 Å². The van der Waals surface area contributed by atoms with E-state index in [1.807, 2.05) is 38.3 Å². The molecule has 3 aromatic rings. The number of esters is 1. The number of allylic oxidation sites excluding steroid dienone is 3. The maximum absolute atomic E-state index is 12.3. The van der Waals surface area contributed by atoms with Gasteiger partial charge in [-0.05, 0) is 72.9 Å². The molecule has 1 aliphatic carbocycles. The van der Waals surface area contributed by atoms with Crippen LogP contribution < -0.4 is 0 Å². The van der Waals surface area contributed by atoms with Gasteiger partial charge >= 0.3 is 5.97 Å². The molecule has 1 N–H and O–H groups in total. The van der Waals surface area contributed by atoms with Crippen molar-refractivity contribution in [1.29, 1.82) is 0 Å². The van der Waals surface area contributed by atoms with Gasteiger partial charge in [-0.25, -0.2) is 9.78 Å². The van der Waals surface area contributed by atoms with E-state index in [2.05, 4.69) is 28.2 Å². The zero-order chi connectivity index (χ0) is 19.8. The van der Waals surface area contributed by atoms with Crippen molar-refractivity contribution in [2.45, 2.75) is 26.2 Å². The van der Waals surface area contributed by atoms with E-state index in [1.165, 1.54) is 7.11 Å². The Labute approximate surface area is 166 Å². The highest BCUT2D eigenvalue weighted by Gasteiger charge is 2.23. The Morgan fingerprint density at radius 3 is 2.96 bits per heavy atom. The van der Waals surface area contributed by atoms with Gasteiger partial charge in [-0.3, -0.25) is 0 Å². The average molecular weight is 394 g/mol. The molecule has 2 heterocycles. The summed E-state index contributed by atoms with van der Waals surface area (Å²) in [6.07, 6.45) is 8.68. The standard InChI is InChI=1S/C22H22N2O3S/c1-4-28(26)16-7-5-6-14(9-16)17-10-15(22(25)27-3)11-19-20(17)18-8-13(2)12-23-21(18)24-19/h5,7-12,14H,4,6H2,1-3H3,(H,23,24)/t14-,28?/m1/s1. The molecule has 4 rings (SSSR count). The maximum atomic E-state index is 12.3. The molecule has 0 saturated carbocycles. The number of hydrogen-bond donors (Lipinski definition) is 1. The van der Waals surface area contributed by atoms with Crippen molar-refractivity contribution >= 4 is 39.1 Å². The summed E-state index contributed by atoms with van der Waals surface area (Å²) < 4.78 is 17.3. The van der Waals surface area contributed by atoms with E-state index >= 15 is 0 Å². The molecular formula is C22H22N2O3S. The Morgan fingerprint density at radius 1 is 1.39 bits per heavy atom. The van der Waals surface area contributed by atoms with Crippen LogP contribution in [0.2, 0.25) is 0 Å². The molecule has 1 unspecified atom stereocenters. The van der Waals surface area contributed by atoms with Gasteiger partial charge in [0.2, 0.25) is 0 Å². The van der Waals surface area contributed by atoms with Crippen molar-refractivity contribution in [3.63, 3.8) is 0 Å². The van der Waals surface area contributed by atoms with E-state index in [4.69, 9.17) is 4.74 Å². The van der Waals surface area contributed by atoms with E-state index in [-0.39, 0.29) is 11.9 Å². The third kappa shape index (κ3) is 3.23. The minimum absolute atomic E-state index is 0.0297. The van der Waals surface area contributed by atoms with Crippen molar-refractivity contribution in [3.8, 4) is 0 Å². The summed E-state index contributed by atoms with van der Waals surface area (Å²) in [6.45, 7) is 3.93. The van der Waals surface area contributed by atoms with Crippen LogP contribution in [0.25, 0.3) is 21.9 Å². The predicted octanol–water partition coefficient (Wildman–Crippen LogP) is 4.51. The molecule has 28 heavy (non-hydrogen) atoms. The van der Waals surface area contributed by atoms with Crippen molar-refractivity contribution in [2.75, 3.05) is 12.9 Å². The Morgan fingerprint density at radius 2 is 2.21 bits per heavy atom. The number of nitrogens with zero attached hydrogens (tertiary/aromatic N) is 1. The molecule has 0 fully saturated rings. The number of H-pyrrole nitrogens is 1. The molecule has 0 bridgehead atoms. The lowest BCUT2D eigenvalue weighted by atomic mass is 9.88. The Hall–Kier alpha value is -2.57. The molecule has 2 aromatic heterocycles. The fourth-order valence-electron chi connectivity index (χ4n) is 3.77. The first kappa shape index (κ1) is 18.8. The lowest BCUT2D eigenvalue weighted by Crippen LogP contribution is -2.10. The minimum Gasteiger partial charge on any atom is -0.611 e. The van der Waals surface area contributed by atoms with Crippen LogP contribution in [0.15, 0.2) is 47.5 Å². The first-order valence-corrected chi connectivity index (χ1v) is 10.6. The van der Waals surface area contributed by atoms with E-state index in [9.17, 15) is 9.35 Å². The number of fused-ring (bicyclic) bond motifs is 3. The molecule has 1 aliphatic rings. The normalized spacial score (nSPS) is 17.7. The second-order valence-electron chi connectivity index (χ2n) is 6.96. The smallest absolute Gasteiger partial charge is 0.337 e. The first-order chi connectivity index (χ1) is 13.5. The number of carbonyl (C=O) groups is 1. The number of nitrogens with one attached hydrogen (secondary N) is 1. The molecule has 2 atom stereocenters. The van der Waals surface area contributed by atoms with Crippen molar-refractivity contribution < 1.29 is 14.1 Å². The summed E-state index contributed by atoms with van der Waals surface area (Å²) >= 11 is -1.02. The molecule has 0 amide bonds. The zero-order valence-corrected chi connectivity index (χ0v) is 16.9. The number of ether oxygens (including phenoxy) is 1. The number of aromatic nitrogens is 2. The van der Waals surface area contributed by atoms with Crippen LogP contribution in [-0.4, -0.2) is 33.4 Å². The summed E-state index contributed by atoms with van der Waals surface area (Å²) in [5.41, 5.74) is 4.23. The van der Waals surface area contributed by atoms with Crippen LogP contribution in [0, 0.1) is 6.92 Å². The van der Waals surface area contributed by atoms with Gasteiger partial charge in [-0.2, -0.15) is 0 Å². The number of benzene rings is 1. The third-order valence-corrected chi connectivity index (χ3v) is 6.42. The van der Waals surface area contributed by atoms with Gasteiger partial charge in [0.25, 0.3) is 0 Å². The second-order valence-corrected chi connectivity index (χ2v) is 8.70. The fourth-order valence-corrected chi connectivity index (χ4v) is 4.66. The molecule has 1 aromatic carbocycles. The molecular weight excluding hydrogens is 372 g/mol. The van der Waals surface area contributed by atoms with Gasteiger partial charge in [-0.1, -0.05) is 6.08 Å². The number of aryl methyl sites for hydroxylation is 1. The van der Waals surface area contributed by atoms with Gasteiger partial charge in [0.05, 0.1) is 12.7 Å². The average Bonchev–Trinajstić information content (AvgIpc) is 3.09. The number of pyridine rings is 1. The molecule has 5 nitrogen and oxygen atoms in total. The van der Waals surface area contributed by atoms with Crippen molar-refractivity contribution in [2.24, 2.45) is 0 Å². The number of carbonyl (C=O) groups excluding carboxylic acids is 1. The van der Waals surface area contributed by atoms with Crippen LogP contribution in [0.3, 0.4) is 0 Å². The van der Waals surface area contributed by atoms with Crippen LogP contribution in [-0.2, 0) is 15.9 Å². The van der Waals surface area contributed by atoms with Crippen LogP contribution >= 0.6 is 0 Å². The minimum atomic E-state index is -1.02. The SMILES string of the molecule is CC[S+]([O-])C1=C[C@H](c2cc(C(=O)OC)cc3[nH]c4ncc(C)cc4c23)CC=C1. The molecule has 6 heteroatoms. The number of methoxy groups -OCH3 is 1. The zero-order valence-electron chi connectivity index (χ0n) is 16.1. The quantitative estimate of drug-likeness (QED) is 0.522. The van der Waals surface area contributed by atoms with Gasteiger partial charge in [0.1, 0.15) is 16.3 Å². The highest BCUT2D eigenvalue weighted by molar-refractivity contribution is 7.95. The molecule has 0 spiro atoms. The summed E-state index contributed by atoms with van der Waals surface area (Å²) in [5.74, 6) is 0.234. The van der Waals surface area contributed by atoms with E-state index in [0.29, 0.717) is 11.3 Å². The van der Waals surface area contributed by atoms with Gasteiger partial charge < -0.3 is 14.3 Å². The predicted molar refractivity (Wildman–Crippen MR) is 113 cm³/mol. The summed E-state index contributed by atoms with van der Waals surface area (Å²) in [6, 6.07) is 5.82. The Kier molecular flexibility index (Phi) is 5.00. The van der Waals surface area contributed by atoms with E-state index < -0.39 is 11.2 Å². The lowest BCUT2D eigenvalue weighted by Gasteiger charge is -2.20. The lowest BCUT2D eigenvalue weighted by molar-refractivity contribution is 0.0600. The molecule has 144 valence electrons. The number of aromatic amines is 1. The Balaban J connectivity index is 1.98. The summed E-state index contributed by atoms with van der Waals surface area (Å²) in [5, 5.41) is 2.08. The van der Waals surface area contributed by atoms with Gasteiger partial charge in [0, 0.05) is 28.4 Å². The highest BCUT2D eigenvalue weighted by Crippen LogP contribution is 2.38. The maximum Gasteiger partial charge on any atom is 0.337 e. The Bertz CT molecular complexity index is 1130. The van der Waals surface area contributed by atoms with E-state index in [1.54, 1.807) is 0 Å².